The van der Waals surface area contributed by atoms with E-state index in [0.717, 1.165) is 55.7 Å². The molecule has 212 valence electrons. The first-order valence-electron chi connectivity index (χ1n) is 14.8. The zero-order valence-electron chi connectivity index (χ0n) is 24.0. The number of hydrogen-bond donors (Lipinski definition) is 0. The lowest BCUT2D eigenvalue weighted by molar-refractivity contribution is 0.669. The van der Waals surface area contributed by atoms with Gasteiger partial charge in [0.2, 0.25) is 0 Å². The Hall–Kier alpha value is -5.72. The quantitative estimate of drug-likeness (QED) is 0.201. The molecule has 0 bridgehead atoms. The molecule has 1 aliphatic rings. The van der Waals surface area contributed by atoms with Gasteiger partial charge in [-0.15, -0.1) is 0 Å². The van der Waals surface area contributed by atoms with Crippen molar-refractivity contribution >= 4 is 50.8 Å². The van der Waals surface area contributed by atoms with E-state index in [-0.39, 0.29) is 0 Å². The molecule has 0 saturated heterocycles. The second-order valence-electron chi connectivity index (χ2n) is 10.9. The van der Waals surface area contributed by atoms with Crippen LogP contribution in [0.5, 0.6) is 0 Å². The van der Waals surface area contributed by atoms with E-state index in [0.29, 0.717) is 17.5 Å². The van der Waals surface area contributed by atoms with Crippen LogP contribution in [0.15, 0.2) is 160 Å². The maximum absolute atomic E-state index is 6.55. The van der Waals surface area contributed by atoms with E-state index in [4.69, 9.17) is 19.4 Å². The summed E-state index contributed by atoms with van der Waals surface area (Å²) in [5.74, 6) is 1.86. The zero-order chi connectivity index (χ0) is 29.7. The number of para-hydroxylation sites is 2. The molecule has 6 heteroatoms. The van der Waals surface area contributed by atoms with Crippen LogP contribution in [0, 0.1) is 0 Å². The average Bonchev–Trinajstić information content (AvgIpc) is 3.49. The van der Waals surface area contributed by atoms with Gasteiger partial charge in [-0.2, -0.15) is 0 Å². The number of furan rings is 1. The molecule has 0 amide bonds. The van der Waals surface area contributed by atoms with Gasteiger partial charge in [-0.1, -0.05) is 109 Å². The van der Waals surface area contributed by atoms with Crippen LogP contribution in [0.3, 0.4) is 0 Å². The number of rotatable bonds is 4. The van der Waals surface area contributed by atoms with Crippen molar-refractivity contribution < 1.29 is 4.42 Å². The van der Waals surface area contributed by atoms with Gasteiger partial charge in [0.05, 0.1) is 22.4 Å². The first kappa shape index (κ1) is 25.7. The van der Waals surface area contributed by atoms with Crippen LogP contribution in [0.2, 0.25) is 0 Å². The van der Waals surface area contributed by atoms with E-state index in [1.165, 1.54) is 9.79 Å². The molecular weight excluding hydrogens is 573 g/mol. The molecule has 5 nitrogen and oxygen atoms in total. The van der Waals surface area contributed by atoms with Crippen LogP contribution in [-0.4, -0.2) is 15.0 Å². The normalized spacial score (nSPS) is 12.3. The maximum Gasteiger partial charge on any atom is 0.164 e. The first-order chi connectivity index (χ1) is 22.3. The molecule has 0 atom stereocenters. The van der Waals surface area contributed by atoms with Gasteiger partial charge in [0.15, 0.2) is 17.5 Å². The lowest BCUT2D eigenvalue weighted by atomic mass is 10.1. The fourth-order valence-corrected chi connectivity index (χ4v) is 7.09. The van der Waals surface area contributed by atoms with Gasteiger partial charge in [-0.05, 0) is 48.5 Å². The van der Waals surface area contributed by atoms with Crippen molar-refractivity contribution in [3.8, 4) is 34.2 Å². The van der Waals surface area contributed by atoms with E-state index < -0.39 is 0 Å². The van der Waals surface area contributed by atoms with E-state index in [1.807, 2.05) is 72.8 Å². The summed E-state index contributed by atoms with van der Waals surface area (Å²) in [4.78, 5) is 19.5. The summed E-state index contributed by atoms with van der Waals surface area (Å²) in [7, 11) is 0. The topological polar surface area (TPSA) is 55.1 Å². The van der Waals surface area contributed by atoms with E-state index in [1.54, 1.807) is 11.8 Å². The molecule has 0 unspecified atom stereocenters. The summed E-state index contributed by atoms with van der Waals surface area (Å²) in [6, 6.07) is 49.7. The van der Waals surface area contributed by atoms with Crippen LogP contribution >= 0.6 is 11.8 Å². The molecule has 0 N–H and O–H groups in total. The number of aromatic nitrogens is 3. The summed E-state index contributed by atoms with van der Waals surface area (Å²) in [5, 5.41) is 2.11. The van der Waals surface area contributed by atoms with Gasteiger partial charge in [0, 0.05) is 31.9 Å². The second kappa shape index (κ2) is 10.5. The molecule has 45 heavy (non-hydrogen) atoms. The molecule has 6 aromatic carbocycles. The van der Waals surface area contributed by atoms with Gasteiger partial charge < -0.3 is 9.32 Å². The van der Waals surface area contributed by atoms with Gasteiger partial charge in [0.25, 0.3) is 0 Å². The monoisotopic (exact) mass is 596 g/mol. The average molecular weight is 597 g/mol. The van der Waals surface area contributed by atoms with Gasteiger partial charge in [-0.25, -0.2) is 15.0 Å². The van der Waals surface area contributed by atoms with Gasteiger partial charge in [-0.3, -0.25) is 0 Å². The van der Waals surface area contributed by atoms with Gasteiger partial charge >= 0.3 is 0 Å². The number of fused-ring (bicyclic) bond motifs is 5. The Balaban J connectivity index is 1.22. The van der Waals surface area contributed by atoms with Crippen molar-refractivity contribution in [1.29, 1.82) is 0 Å². The lowest BCUT2D eigenvalue weighted by Crippen LogP contribution is -2.14. The van der Waals surface area contributed by atoms with Crippen molar-refractivity contribution in [3.05, 3.63) is 146 Å². The highest BCUT2D eigenvalue weighted by Gasteiger charge is 2.27. The van der Waals surface area contributed by atoms with E-state index in [9.17, 15) is 0 Å². The van der Waals surface area contributed by atoms with E-state index >= 15 is 0 Å². The van der Waals surface area contributed by atoms with Crippen LogP contribution in [0.1, 0.15) is 0 Å². The van der Waals surface area contributed by atoms with Crippen molar-refractivity contribution in [2.45, 2.75) is 9.79 Å². The third kappa shape index (κ3) is 4.38. The molecule has 0 spiro atoms. The highest BCUT2D eigenvalue weighted by molar-refractivity contribution is 7.99. The largest absolute Gasteiger partial charge is 0.456 e. The predicted molar refractivity (Wildman–Crippen MR) is 182 cm³/mol. The minimum Gasteiger partial charge on any atom is -0.456 e. The minimum atomic E-state index is 0.598. The number of anilines is 3. The number of hydrogen-bond acceptors (Lipinski definition) is 6. The molecule has 3 heterocycles. The molecule has 0 saturated carbocycles. The molecule has 0 fully saturated rings. The summed E-state index contributed by atoms with van der Waals surface area (Å²) in [6.45, 7) is 0. The highest BCUT2D eigenvalue weighted by Crippen LogP contribution is 2.53. The predicted octanol–water partition coefficient (Wildman–Crippen LogP) is 10.7. The zero-order valence-corrected chi connectivity index (χ0v) is 24.8. The van der Waals surface area contributed by atoms with Crippen LogP contribution in [0.4, 0.5) is 17.1 Å². The van der Waals surface area contributed by atoms with Crippen LogP contribution in [0.25, 0.3) is 56.1 Å². The van der Waals surface area contributed by atoms with Crippen molar-refractivity contribution in [2.75, 3.05) is 4.90 Å². The Labute approximate surface area is 263 Å². The smallest absolute Gasteiger partial charge is 0.164 e. The SMILES string of the molecule is c1ccc(-c2nc(-c3ccccc3)nc(-c3ccc4c(c3)oc3cccc(N5c6ccccc6Sc6ccccc65)c34)n2)cc1. The molecule has 9 rings (SSSR count). The fraction of sp³-hybridized carbons (Fsp3) is 0. The molecular formula is C39H24N4OS. The Morgan fingerprint density at radius 3 is 1.60 bits per heavy atom. The standard InChI is InChI=1S/C39H24N4OS/c1-3-12-25(13-4-1)37-40-38(26-14-5-2-6-15-26)42-39(41-37)27-22-23-28-33(24-27)44-32-19-11-18-31(36(28)32)43-29-16-7-9-20-34(29)45-35-21-10-8-17-30(35)43/h1-24H. The summed E-state index contributed by atoms with van der Waals surface area (Å²) in [5.41, 5.74) is 7.76. The second-order valence-corrected chi connectivity index (χ2v) is 12.0. The number of benzene rings is 6. The Bertz CT molecular complexity index is 2270. The molecule has 2 aromatic heterocycles. The summed E-state index contributed by atoms with van der Waals surface area (Å²) in [6.07, 6.45) is 0. The third-order valence-corrected chi connectivity index (χ3v) is 9.24. The molecule has 1 aliphatic heterocycles. The number of nitrogens with zero attached hydrogens (tertiary/aromatic N) is 4. The molecule has 0 radical (unpaired) electrons. The molecule has 0 aliphatic carbocycles. The van der Waals surface area contributed by atoms with E-state index in [2.05, 4.69) is 77.7 Å². The molecule has 8 aromatic rings. The Morgan fingerprint density at radius 1 is 0.444 bits per heavy atom. The highest BCUT2D eigenvalue weighted by atomic mass is 32.2. The van der Waals surface area contributed by atoms with Crippen LogP contribution in [-0.2, 0) is 0 Å². The van der Waals surface area contributed by atoms with Gasteiger partial charge in [0.1, 0.15) is 11.2 Å². The van der Waals surface area contributed by atoms with Crippen molar-refractivity contribution in [3.63, 3.8) is 0 Å². The Kier molecular flexibility index (Phi) is 5.99. The summed E-state index contributed by atoms with van der Waals surface area (Å²) < 4.78 is 6.55. The third-order valence-electron chi connectivity index (χ3n) is 8.11. The minimum absolute atomic E-state index is 0.598. The lowest BCUT2D eigenvalue weighted by Gasteiger charge is -2.33. The van der Waals surface area contributed by atoms with Crippen LogP contribution < -0.4 is 4.90 Å². The summed E-state index contributed by atoms with van der Waals surface area (Å²) >= 11 is 1.81. The first-order valence-corrected chi connectivity index (χ1v) is 15.6. The maximum atomic E-state index is 6.55. The Morgan fingerprint density at radius 2 is 0.978 bits per heavy atom. The van der Waals surface area contributed by atoms with Crippen molar-refractivity contribution in [2.24, 2.45) is 0 Å². The van der Waals surface area contributed by atoms with Crippen molar-refractivity contribution in [1.82, 2.24) is 15.0 Å². The fourth-order valence-electron chi connectivity index (χ4n) is 6.03.